The van der Waals surface area contributed by atoms with Gasteiger partial charge in [0.1, 0.15) is 0 Å². The summed E-state index contributed by atoms with van der Waals surface area (Å²) in [6.07, 6.45) is 0.773. The topological polar surface area (TPSA) is 87.5 Å². The fourth-order valence-corrected chi connectivity index (χ4v) is 2.26. The predicted octanol–water partition coefficient (Wildman–Crippen LogP) is 1.67. The molecule has 0 atom stereocenters. The van der Waals surface area contributed by atoms with Crippen molar-refractivity contribution < 1.29 is 19.8 Å². The first-order valence-electron chi connectivity index (χ1n) is 5.29. The van der Waals surface area contributed by atoms with Crippen LogP contribution in [0.5, 0.6) is 0 Å². The van der Waals surface area contributed by atoms with Gasteiger partial charge in [-0.25, -0.2) is 4.98 Å². The maximum Gasteiger partial charge on any atom is 0.318 e. The summed E-state index contributed by atoms with van der Waals surface area (Å²) in [5, 5.41) is 19.9. The molecule has 0 aliphatic rings. The Morgan fingerprint density at radius 1 is 1.29 bits per heavy atom. The van der Waals surface area contributed by atoms with Crippen molar-refractivity contribution in [3.05, 3.63) is 16.1 Å². The molecule has 0 saturated carbocycles. The molecule has 0 fully saturated rings. The molecule has 0 aliphatic carbocycles. The summed E-state index contributed by atoms with van der Waals surface area (Å²) in [4.78, 5) is 25.7. The molecule has 0 amide bonds. The van der Waals surface area contributed by atoms with Gasteiger partial charge in [0.25, 0.3) is 0 Å². The van der Waals surface area contributed by atoms with E-state index in [4.69, 9.17) is 10.2 Å². The average molecular weight is 257 g/mol. The van der Waals surface area contributed by atoms with E-state index >= 15 is 0 Å². The van der Waals surface area contributed by atoms with Gasteiger partial charge in [0.05, 0.1) is 10.7 Å². The summed E-state index contributed by atoms with van der Waals surface area (Å²) in [6, 6.07) is 0. The molecule has 0 spiro atoms. The number of aromatic nitrogens is 1. The highest BCUT2D eigenvalue weighted by molar-refractivity contribution is 7.09. The van der Waals surface area contributed by atoms with Crippen molar-refractivity contribution in [2.24, 2.45) is 11.8 Å². The first-order valence-corrected chi connectivity index (χ1v) is 6.17. The van der Waals surface area contributed by atoms with Crippen LogP contribution in [0.25, 0.3) is 0 Å². The quantitative estimate of drug-likeness (QED) is 0.757. The second-order valence-electron chi connectivity index (χ2n) is 4.26. The van der Waals surface area contributed by atoms with Crippen LogP contribution in [0.15, 0.2) is 5.38 Å². The Hall–Kier alpha value is -1.43. The number of hydrogen-bond acceptors (Lipinski definition) is 4. The van der Waals surface area contributed by atoms with Crippen molar-refractivity contribution in [1.29, 1.82) is 0 Å². The molecule has 5 nitrogen and oxygen atoms in total. The molecule has 1 rings (SSSR count). The van der Waals surface area contributed by atoms with Gasteiger partial charge in [0.2, 0.25) is 0 Å². The van der Waals surface area contributed by atoms with E-state index in [1.807, 2.05) is 5.38 Å². The summed E-state index contributed by atoms with van der Waals surface area (Å²) in [5.41, 5.74) is 0.898. The fraction of sp³-hybridized carbons (Fsp3) is 0.545. The van der Waals surface area contributed by atoms with Gasteiger partial charge in [-0.3, -0.25) is 9.59 Å². The highest BCUT2D eigenvalue weighted by Gasteiger charge is 2.27. The van der Waals surface area contributed by atoms with Crippen LogP contribution in [-0.2, 0) is 22.4 Å². The lowest BCUT2D eigenvalue weighted by Crippen LogP contribution is -2.25. The molecule has 0 aliphatic heterocycles. The van der Waals surface area contributed by atoms with E-state index in [0.29, 0.717) is 10.9 Å². The Kier molecular flexibility index (Phi) is 4.62. The monoisotopic (exact) mass is 257 g/mol. The van der Waals surface area contributed by atoms with Gasteiger partial charge < -0.3 is 10.2 Å². The van der Waals surface area contributed by atoms with Crippen LogP contribution in [0.4, 0.5) is 0 Å². The second kappa shape index (κ2) is 5.77. The molecule has 0 radical (unpaired) electrons. The zero-order valence-corrected chi connectivity index (χ0v) is 10.5. The predicted molar refractivity (Wildman–Crippen MR) is 63.1 cm³/mol. The number of rotatable bonds is 6. The minimum absolute atomic E-state index is 0.0482. The van der Waals surface area contributed by atoms with Crippen LogP contribution in [0.3, 0.4) is 0 Å². The standard InChI is InChI=1S/C11H15NO4S/c1-6(2)3-7-5-17-9(12-7)4-8(10(13)14)11(15)16/h5-6,8H,3-4H2,1-2H3,(H,13,14)(H,15,16). The molecule has 6 heteroatoms. The van der Waals surface area contributed by atoms with Gasteiger partial charge >= 0.3 is 11.9 Å². The number of hydrogen-bond donors (Lipinski definition) is 2. The molecular formula is C11H15NO4S. The summed E-state index contributed by atoms with van der Waals surface area (Å²) < 4.78 is 0. The van der Waals surface area contributed by atoms with Gasteiger partial charge in [-0.05, 0) is 12.3 Å². The molecule has 94 valence electrons. The van der Waals surface area contributed by atoms with Crippen molar-refractivity contribution in [3.8, 4) is 0 Å². The Morgan fingerprint density at radius 2 is 1.88 bits per heavy atom. The minimum Gasteiger partial charge on any atom is -0.481 e. The number of nitrogens with zero attached hydrogens (tertiary/aromatic N) is 1. The lowest BCUT2D eigenvalue weighted by molar-refractivity contribution is -0.154. The van der Waals surface area contributed by atoms with Gasteiger partial charge in [0.15, 0.2) is 5.92 Å². The Labute approximate surface area is 103 Å². The van der Waals surface area contributed by atoms with E-state index in [0.717, 1.165) is 12.1 Å². The summed E-state index contributed by atoms with van der Waals surface area (Å²) in [6.45, 7) is 4.13. The van der Waals surface area contributed by atoms with E-state index in [1.54, 1.807) is 0 Å². The number of carbonyl (C=O) groups is 2. The Bertz CT molecular complexity index is 399. The SMILES string of the molecule is CC(C)Cc1csc(CC(C(=O)O)C(=O)O)n1. The second-order valence-corrected chi connectivity index (χ2v) is 5.21. The third-order valence-corrected chi connectivity index (χ3v) is 3.11. The van der Waals surface area contributed by atoms with E-state index in [1.165, 1.54) is 11.3 Å². The molecule has 2 N–H and O–H groups in total. The molecule has 0 unspecified atom stereocenters. The molecule has 0 aromatic carbocycles. The van der Waals surface area contributed by atoms with E-state index in [2.05, 4.69) is 18.8 Å². The molecule has 1 heterocycles. The summed E-state index contributed by atoms with van der Waals surface area (Å²) in [5.74, 6) is -3.58. The number of aliphatic carboxylic acids is 2. The molecule has 0 bridgehead atoms. The lowest BCUT2D eigenvalue weighted by Gasteiger charge is -2.04. The van der Waals surface area contributed by atoms with Gasteiger partial charge in [0, 0.05) is 11.8 Å². The zero-order valence-electron chi connectivity index (χ0n) is 9.71. The van der Waals surface area contributed by atoms with Crippen LogP contribution < -0.4 is 0 Å². The van der Waals surface area contributed by atoms with Crippen LogP contribution in [0.2, 0.25) is 0 Å². The number of carboxylic acid groups (broad SMARTS) is 2. The minimum atomic E-state index is -1.41. The van der Waals surface area contributed by atoms with Crippen molar-refractivity contribution in [2.45, 2.75) is 26.7 Å². The lowest BCUT2D eigenvalue weighted by atomic mass is 10.1. The van der Waals surface area contributed by atoms with Crippen molar-refractivity contribution in [3.63, 3.8) is 0 Å². The van der Waals surface area contributed by atoms with Crippen molar-refractivity contribution in [1.82, 2.24) is 4.98 Å². The molecule has 1 aromatic rings. The Morgan fingerprint density at radius 3 is 2.35 bits per heavy atom. The van der Waals surface area contributed by atoms with Crippen LogP contribution in [-0.4, -0.2) is 27.1 Å². The van der Waals surface area contributed by atoms with Crippen LogP contribution >= 0.6 is 11.3 Å². The fourth-order valence-electron chi connectivity index (χ4n) is 1.41. The maximum absolute atomic E-state index is 10.7. The Balaban J connectivity index is 2.70. The third-order valence-electron chi connectivity index (χ3n) is 2.19. The van der Waals surface area contributed by atoms with Gasteiger partial charge in [-0.15, -0.1) is 11.3 Å². The highest BCUT2D eigenvalue weighted by Crippen LogP contribution is 2.17. The van der Waals surface area contributed by atoms with Crippen molar-refractivity contribution >= 4 is 23.3 Å². The molecular weight excluding hydrogens is 242 g/mol. The normalized spacial score (nSPS) is 11.1. The molecule has 0 saturated heterocycles. The van der Waals surface area contributed by atoms with Crippen LogP contribution in [0, 0.1) is 11.8 Å². The van der Waals surface area contributed by atoms with E-state index < -0.39 is 17.9 Å². The van der Waals surface area contributed by atoms with Crippen LogP contribution in [0.1, 0.15) is 24.5 Å². The first kappa shape index (κ1) is 13.6. The van der Waals surface area contributed by atoms with Gasteiger partial charge in [-0.1, -0.05) is 13.8 Å². The molecule has 1 aromatic heterocycles. The van der Waals surface area contributed by atoms with Gasteiger partial charge in [-0.2, -0.15) is 0 Å². The molecule has 17 heavy (non-hydrogen) atoms. The smallest absolute Gasteiger partial charge is 0.318 e. The highest BCUT2D eigenvalue weighted by atomic mass is 32.1. The first-order chi connectivity index (χ1) is 7.90. The van der Waals surface area contributed by atoms with Crippen molar-refractivity contribution in [2.75, 3.05) is 0 Å². The van der Waals surface area contributed by atoms with E-state index in [-0.39, 0.29) is 6.42 Å². The van der Waals surface area contributed by atoms with E-state index in [9.17, 15) is 9.59 Å². The number of thiazole rings is 1. The largest absolute Gasteiger partial charge is 0.481 e. The zero-order chi connectivity index (χ0) is 13.0. The average Bonchev–Trinajstić information content (AvgIpc) is 2.59. The summed E-state index contributed by atoms with van der Waals surface area (Å²) in [7, 11) is 0. The maximum atomic E-state index is 10.7. The third kappa shape index (κ3) is 4.14. The number of carboxylic acids is 2. The summed E-state index contributed by atoms with van der Waals surface area (Å²) >= 11 is 1.32.